The van der Waals surface area contributed by atoms with Crippen LogP contribution >= 0.6 is 0 Å². The van der Waals surface area contributed by atoms with Gasteiger partial charge >= 0.3 is 5.97 Å². The largest absolute Gasteiger partial charge is 0.491 e. The second-order valence-electron chi connectivity index (χ2n) is 5.69. The molecular weight excluding hydrogens is 314 g/mol. The van der Waals surface area contributed by atoms with Gasteiger partial charge in [-0.3, -0.25) is 9.59 Å². The predicted octanol–water partition coefficient (Wildman–Crippen LogP) is 1.08. The van der Waals surface area contributed by atoms with Crippen molar-refractivity contribution in [2.45, 2.75) is 12.8 Å². The number of nitrogens with one attached hydrogen (secondary N) is 1. The number of rotatable bonds is 9. The molecule has 1 amide bonds. The fourth-order valence-corrected chi connectivity index (χ4v) is 2.45. The summed E-state index contributed by atoms with van der Waals surface area (Å²) in [6, 6.07) is 9.32. The van der Waals surface area contributed by atoms with Crippen molar-refractivity contribution in [1.82, 2.24) is 5.32 Å². The van der Waals surface area contributed by atoms with Gasteiger partial charge in [0.2, 0.25) is 5.91 Å². The van der Waals surface area contributed by atoms with Crippen LogP contribution in [0, 0.1) is 5.41 Å². The van der Waals surface area contributed by atoms with Crippen molar-refractivity contribution >= 4 is 11.9 Å². The molecule has 0 aliphatic carbocycles. The predicted molar refractivity (Wildman–Crippen MR) is 85.9 cm³/mol. The molecule has 2 N–H and O–H groups in total. The lowest BCUT2D eigenvalue weighted by Crippen LogP contribution is -2.47. The first-order valence-electron chi connectivity index (χ1n) is 7.96. The number of carbonyl (C=O) groups is 2. The fraction of sp³-hybridized carbons (Fsp3) is 0.529. The van der Waals surface area contributed by atoms with Gasteiger partial charge in [-0.15, -0.1) is 0 Å². The van der Waals surface area contributed by atoms with E-state index in [1.165, 1.54) is 0 Å². The Morgan fingerprint density at radius 3 is 2.54 bits per heavy atom. The Bertz CT molecular complexity index is 527. The van der Waals surface area contributed by atoms with Crippen LogP contribution in [-0.2, 0) is 19.1 Å². The molecule has 0 unspecified atom stereocenters. The van der Waals surface area contributed by atoms with Gasteiger partial charge in [-0.2, -0.15) is 0 Å². The second-order valence-corrected chi connectivity index (χ2v) is 5.69. The number of carboxylic acids is 1. The van der Waals surface area contributed by atoms with Gasteiger partial charge in [-0.1, -0.05) is 18.2 Å². The van der Waals surface area contributed by atoms with Crippen LogP contribution in [0.3, 0.4) is 0 Å². The van der Waals surface area contributed by atoms with E-state index < -0.39 is 11.4 Å². The lowest BCUT2D eigenvalue weighted by atomic mass is 9.80. The summed E-state index contributed by atoms with van der Waals surface area (Å²) in [6.07, 6.45) is 0.794. The van der Waals surface area contributed by atoms with Crippen molar-refractivity contribution in [2.24, 2.45) is 5.41 Å². The molecule has 1 aliphatic heterocycles. The summed E-state index contributed by atoms with van der Waals surface area (Å²) in [5.41, 5.74) is -0.940. The van der Waals surface area contributed by atoms with Crippen molar-refractivity contribution < 1.29 is 28.9 Å². The first kappa shape index (κ1) is 18.2. The molecule has 132 valence electrons. The highest BCUT2D eigenvalue weighted by Gasteiger charge is 2.40. The molecule has 1 aliphatic rings. The molecule has 7 nitrogen and oxygen atoms in total. The average Bonchev–Trinajstić information content (AvgIpc) is 2.61. The second kappa shape index (κ2) is 9.24. The van der Waals surface area contributed by atoms with Crippen LogP contribution in [0.4, 0.5) is 0 Å². The van der Waals surface area contributed by atoms with Gasteiger partial charge in [0.15, 0.2) is 0 Å². The molecule has 0 radical (unpaired) electrons. The minimum Gasteiger partial charge on any atom is -0.491 e. The number of carbonyl (C=O) groups excluding carboxylic acids is 1. The molecule has 1 saturated heterocycles. The van der Waals surface area contributed by atoms with Crippen LogP contribution in [0.5, 0.6) is 5.75 Å². The lowest BCUT2D eigenvalue weighted by Gasteiger charge is -2.33. The summed E-state index contributed by atoms with van der Waals surface area (Å²) >= 11 is 0. The van der Waals surface area contributed by atoms with E-state index in [1.54, 1.807) is 0 Å². The zero-order chi connectivity index (χ0) is 17.3. The highest BCUT2D eigenvalue weighted by atomic mass is 16.5. The number of carboxylic acid groups (broad SMARTS) is 1. The number of ether oxygens (including phenoxy) is 3. The maximum atomic E-state index is 11.8. The van der Waals surface area contributed by atoms with Crippen molar-refractivity contribution in [3.05, 3.63) is 30.3 Å². The minimum atomic E-state index is -0.940. The smallest absolute Gasteiger partial charge is 0.311 e. The number of para-hydroxylation sites is 1. The molecule has 0 spiro atoms. The van der Waals surface area contributed by atoms with Crippen LogP contribution in [0.15, 0.2) is 30.3 Å². The Hall–Kier alpha value is -2.12. The number of amides is 1. The zero-order valence-electron chi connectivity index (χ0n) is 13.5. The Kier molecular flexibility index (Phi) is 7.02. The molecule has 0 atom stereocenters. The molecule has 2 rings (SSSR count). The zero-order valence-corrected chi connectivity index (χ0v) is 13.5. The van der Waals surface area contributed by atoms with E-state index >= 15 is 0 Å². The summed E-state index contributed by atoms with van der Waals surface area (Å²) < 4.78 is 15.9. The molecule has 0 bridgehead atoms. The quantitative estimate of drug-likeness (QED) is 0.655. The minimum absolute atomic E-state index is 0.0917. The average molecular weight is 337 g/mol. The lowest BCUT2D eigenvalue weighted by molar-refractivity contribution is -0.154. The monoisotopic (exact) mass is 337 g/mol. The van der Waals surface area contributed by atoms with E-state index in [0.29, 0.717) is 32.7 Å². The highest BCUT2D eigenvalue weighted by molar-refractivity contribution is 5.79. The van der Waals surface area contributed by atoms with Crippen LogP contribution in [0.2, 0.25) is 0 Å². The Balaban J connectivity index is 1.61. The van der Waals surface area contributed by atoms with Crippen LogP contribution in [-0.4, -0.2) is 56.6 Å². The maximum absolute atomic E-state index is 11.8. The van der Waals surface area contributed by atoms with Gasteiger partial charge < -0.3 is 24.6 Å². The Morgan fingerprint density at radius 1 is 1.17 bits per heavy atom. The summed E-state index contributed by atoms with van der Waals surface area (Å²) in [5, 5.41) is 12.0. The molecule has 7 heteroatoms. The van der Waals surface area contributed by atoms with E-state index in [4.69, 9.17) is 14.2 Å². The molecule has 0 aromatic heterocycles. The third-order valence-electron chi connectivity index (χ3n) is 4.00. The summed E-state index contributed by atoms with van der Waals surface area (Å²) in [7, 11) is 0. The van der Waals surface area contributed by atoms with Crippen LogP contribution < -0.4 is 10.1 Å². The van der Waals surface area contributed by atoms with Gasteiger partial charge in [0.25, 0.3) is 0 Å². The standard InChI is InChI=1S/C17H23NO6/c19-15(12-23-10-11-24-14-4-2-1-3-5-14)18-13-17(16(20)21)6-8-22-9-7-17/h1-5H,6-13H2,(H,18,19)(H,20,21). The fourth-order valence-electron chi connectivity index (χ4n) is 2.45. The number of hydrogen-bond donors (Lipinski definition) is 2. The van der Waals surface area contributed by atoms with Crippen LogP contribution in [0.25, 0.3) is 0 Å². The van der Waals surface area contributed by atoms with Gasteiger partial charge in [0.1, 0.15) is 19.0 Å². The van der Waals surface area contributed by atoms with Gasteiger partial charge in [0, 0.05) is 19.8 Å². The van der Waals surface area contributed by atoms with Crippen molar-refractivity contribution in [3.8, 4) is 5.75 Å². The molecule has 0 saturated carbocycles. The van der Waals surface area contributed by atoms with E-state index in [2.05, 4.69) is 5.32 Å². The SMILES string of the molecule is O=C(COCCOc1ccccc1)NCC1(C(=O)O)CCOCC1. The van der Waals surface area contributed by atoms with Gasteiger partial charge in [-0.25, -0.2) is 0 Å². The summed E-state index contributed by atoms with van der Waals surface area (Å²) in [5.74, 6) is -0.487. The third kappa shape index (κ3) is 5.50. The maximum Gasteiger partial charge on any atom is 0.311 e. The normalized spacial score (nSPS) is 16.3. The van der Waals surface area contributed by atoms with Gasteiger partial charge in [0.05, 0.1) is 12.0 Å². The molecule has 24 heavy (non-hydrogen) atoms. The first-order chi connectivity index (χ1) is 11.6. The van der Waals surface area contributed by atoms with E-state index in [9.17, 15) is 14.7 Å². The molecule has 1 aromatic rings. The Morgan fingerprint density at radius 2 is 1.88 bits per heavy atom. The number of aliphatic carboxylic acids is 1. The van der Waals surface area contributed by atoms with Crippen molar-refractivity contribution in [2.75, 3.05) is 39.6 Å². The number of benzene rings is 1. The van der Waals surface area contributed by atoms with Crippen LogP contribution in [0.1, 0.15) is 12.8 Å². The summed E-state index contributed by atoms with van der Waals surface area (Å²) in [6.45, 7) is 1.39. The van der Waals surface area contributed by atoms with E-state index in [0.717, 1.165) is 5.75 Å². The Labute approximate surface area is 140 Å². The van der Waals surface area contributed by atoms with E-state index in [1.807, 2.05) is 30.3 Å². The molecule has 1 aromatic carbocycles. The van der Waals surface area contributed by atoms with Crippen molar-refractivity contribution in [3.63, 3.8) is 0 Å². The molecule has 1 heterocycles. The highest BCUT2D eigenvalue weighted by Crippen LogP contribution is 2.29. The number of hydrogen-bond acceptors (Lipinski definition) is 5. The summed E-state index contributed by atoms with van der Waals surface area (Å²) in [4.78, 5) is 23.3. The molecule has 1 fully saturated rings. The topological polar surface area (TPSA) is 94.1 Å². The molecular formula is C17H23NO6. The van der Waals surface area contributed by atoms with Gasteiger partial charge in [-0.05, 0) is 25.0 Å². The third-order valence-corrected chi connectivity index (χ3v) is 4.00. The first-order valence-corrected chi connectivity index (χ1v) is 7.96. The van der Waals surface area contributed by atoms with E-state index in [-0.39, 0.29) is 25.7 Å². The van der Waals surface area contributed by atoms with Crippen molar-refractivity contribution in [1.29, 1.82) is 0 Å².